The van der Waals surface area contributed by atoms with Gasteiger partial charge in [-0.25, -0.2) is 9.18 Å². The Morgan fingerprint density at radius 3 is 2.85 bits per heavy atom. The van der Waals surface area contributed by atoms with Crippen LogP contribution in [0.15, 0.2) is 30.3 Å². The van der Waals surface area contributed by atoms with E-state index >= 15 is 0 Å². The Bertz CT molecular complexity index is 785. The number of hydrogen-bond donors (Lipinski definition) is 1. The first kappa shape index (κ1) is 18.6. The molecule has 1 heterocycles. The van der Waals surface area contributed by atoms with Crippen molar-refractivity contribution < 1.29 is 18.7 Å². The van der Waals surface area contributed by atoms with Gasteiger partial charge in [0.25, 0.3) is 5.91 Å². The highest BCUT2D eigenvalue weighted by atomic mass is 32.1. The van der Waals surface area contributed by atoms with Crippen molar-refractivity contribution >= 4 is 23.2 Å². The highest BCUT2D eigenvalue weighted by Gasteiger charge is 2.21. The molecule has 0 radical (unpaired) electrons. The molecule has 3 rings (SSSR count). The lowest BCUT2D eigenvalue weighted by molar-refractivity contribution is -0.124. The Balaban J connectivity index is 1.41. The maximum atomic E-state index is 12.8. The number of carbonyl (C=O) groups excluding carboxylic acids is 2. The van der Waals surface area contributed by atoms with Crippen molar-refractivity contribution in [1.29, 1.82) is 0 Å². The van der Waals surface area contributed by atoms with E-state index < -0.39 is 5.97 Å². The molecule has 1 aromatic carbocycles. The molecular formula is C20H22FNO3S. The molecule has 0 saturated carbocycles. The summed E-state index contributed by atoms with van der Waals surface area (Å²) >= 11 is 1.48. The molecule has 0 spiro atoms. The van der Waals surface area contributed by atoms with Crippen LogP contribution in [0.3, 0.4) is 0 Å². The van der Waals surface area contributed by atoms with Gasteiger partial charge >= 0.3 is 5.97 Å². The minimum atomic E-state index is -0.439. The normalized spacial score (nSPS) is 16.0. The van der Waals surface area contributed by atoms with Gasteiger partial charge in [-0.3, -0.25) is 4.79 Å². The number of benzene rings is 1. The molecule has 0 saturated heterocycles. The lowest BCUT2D eigenvalue weighted by atomic mass is 9.90. The van der Waals surface area contributed by atoms with E-state index in [9.17, 15) is 14.0 Å². The Kier molecular flexibility index (Phi) is 6.04. The number of amides is 1. The predicted octanol–water partition coefficient (Wildman–Crippen LogP) is 3.53. The van der Waals surface area contributed by atoms with E-state index in [1.165, 1.54) is 33.9 Å². The summed E-state index contributed by atoms with van der Waals surface area (Å²) in [5, 5.41) is 2.70. The Hall–Kier alpha value is -2.21. The number of esters is 1. The molecule has 1 aliphatic carbocycles. The SMILES string of the molecule is C[C@@H]1CCc2sc(C(=O)OCC(=O)NCCc3ccc(F)cc3)cc2C1. The summed E-state index contributed by atoms with van der Waals surface area (Å²) in [7, 11) is 0. The van der Waals surface area contributed by atoms with Gasteiger partial charge < -0.3 is 10.1 Å². The predicted molar refractivity (Wildman–Crippen MR) is 98.9 cm³/mol. The quantitative estimate of drug-likeness (QED) is 0.786. The summed E-state index contributed by atoms with van der Waals surface area (Å²) in [6.07, 6.45) is 3.76. The van der Waals surface area contributed by atoms with Gasteiger partial charge in [-0.15, -0.1) is 11.3 Å². The highest BCUT2D eigenvalue weighted by Crippen LogP contribution is 2.32. The third-order valence-electron chi connectivity index (χ3n) is 4.51. The molecule has 26 heavy (non-hydrogen) atoms. The smallest absolute Gasteiger partial charge is 0.348 e. The molecule has 6 heteroatoms. The van der Waals surface area contributed by atoms with Gasteiger partial charge in [-0.1, -0.05) is 19.1 Å². The van der Waals surface area contributed by atoms with Crippen molar-refractivity contribution in [3.63, 3.8) is 0 Å². The molecule has 1 aromatic heterocycles. The van der Waals surface area contributed by atoms with Gasteiger partial charge in [-0.2, -0.15) is 0 Å². The van der Waals surface area contributed by atoms with Crippen LogP contribution in [0.2, 0.25) is 0 Å². The lowest BCUT2D eigenvalue weighted by Gasteiger charge is -2.16. The fourth-order valence-electron chi connectivity index (χ4n) is 3.06. The van der Waals surface area contributed by atoms with E-state index in [4.69, 9.17) is 4.74 Å². The van der Waals surface area contributed by atoms with E-state index in [0.717, 1.165) is 24.8 Å². The molecule has 138 valence electrons. The standard InChI is InChI=1S/C20H22FNO3S/c1-13-2-7-17-15(10-13)11-18(26-17)20(24)25-12-19(23)22-9-8-14-3-5-16(21)6-4-14/h3-6,11,13H,2,7-10,12H2,1H3,(H,22,23)/t13-/m1/s1. The van der Waals surface area contributed by atoms with Crippen molar-refractivity contribution in [2.75, 3.05) is 13.2 Å². The first-order valence-electron chi connectivity index (χ1n) is 8.81. The second kappa shape index (κ2) is 8.45. The average Bonchev–Trinajstić information content (AvgIpc) is 3.04. The number of rotatable bonds is 6. The zero-order valence-electron chi connectivity index (χ0n) is 14.7. The Morgan fingerprint density at radius 1 is 1.31 bits per heavy atom. The minimum Gasteiger partial charge on any atom is -0.451 e. The average molecular weight is 375 g/mol. The summed E-state index contributed by atoms with van der Waals surface area (Å²) in [4.78, 5) is 25.8. The Morgan fingerprint density at radius 2 is 2.08 bits per heavy atom. The van der Waals surface area contributed by atoms with E-state index in [-0.39, 0.29) is 18.3 Å². The molecule has 1 amide bonds. The van der Waals surface area contributed by atoms with Crippen molar-refractivity contribution in [3.05, 3.63) is 57.0 Å². The number of ether oxygens (including phenoxy) is 1. The summed E-state index contributed by atoms with van der Waals surface area (Å²) in [6, 6.07) is 8.05. The maximum absolute atomic E-state index is 12.8. The second-order valence-electron chi connectivity index (χ2n) is 6.71. The zero-order chi connectivity index (χ0) is 18.5. The molecule has 0 fully saturated rings. The third kappa shape index (κ3) is 4.91. The molecule has 4 nitrogen and oxygen atoms in total. The van der Waals surface area contributed by atoms with Crippen molar-refractivity contribution in [2.24, 2.45) is 5.92 Å². The summed E-state index contributed by atoms with van der Waals surface area (Å²) in [5.41, 5.74) is 2.17. The van der Waals surface area contributed by atoms with E-state index in [2.05, 4.69) is 12.2 Å². The zero-order valence-corrected chi connectivity index (χ0v) is 15.5. The molecule has 2 aromatic rings. The summed E-state index contributed by atoms with van der Waals surface area (Å²) in [6.45, 7) is 2.34. The number of halogens is 1. The van der Waals surface area contributed by atoms with Crippen LogP contribution in [0.4, 0.5) is 4.39 Å². The number of nitrogens with one attached hydrogen (secondary N) is 1. The molecule has 1 aliphatic rings. The van der Waals surface area contributed by atoms with Gasteiger partial charge in [-0.05, 0) is 60.9 Å². The molecule has 1 atom stereocenters. The topological polar surface area (TPSA) is 55.4 Å². The van der Waals surface area contributed by atoms with Gasteiger partial charge in [0.2, 0.25) is 0 Å². The largest absolute Gasteiger partial charge is 0.451 e. The molecule has 1 N–H and O–H groups in total. The van der Waals surface area contributed by atoms with Crippen molar-refractivity contribution in [3.8, 4) is 0 Å². The van der Waals surface area contributed by atoms with E-state index in [0.29, 0.717) is 23.8 Å². The van der Waals surface area contributed by atoms with Gasteiger partial charge in [0.15, 0.2) is 6.61 Å². The van der Waals surface area contributed by atoms with E-state index in [1.54, 1.807) is 12.1 Å². The van der Waals surface area contributed by atoms with Crippen molar-refractivity contribution in [1.82, 2.24) is 5.32 Å². The molecule has 0 aliphatic heterocycles. The lowest BCUT2D eigenvalue weighted by Crippen LogP contribution is -2.30. The van der Waals surface area contributed by atoms with Crippen LogP contribution in [0.25, 0.3) is 0 Å². The van der Waals surface area contributed by atoms with Crippen LogP contribution in [0, 0.1) is 11.7 Å². The van der Waals surface area contributed by atoms with Crippen LogP contribution in [0.1, 0.15) is 39.0 Å². The summed E-state index contributed by atoms with van der Waals surface area (Å²) in [5.74, 6) is -0.414. The fourth-order valence-corrected chi connectivity index (χ4v) is 4.16. The number of fused-ring (bicyclic) bond motifs is 1. The van der Waals surface area contributed by atoms with Crippen LogP contribution < -0.4 is 5.32 Å². The minimum absolute atomic E-state index is 0.283. The maximum Gasteiger partial charge on any atom is 0.348 e. The Labute approximate surface area is 156 Å². The second-order valence-corrected chi connectivity index (χ2v) is 7.85. The monoisotopic (exact) mass is 375 g/mol. The van der Waals surface area contributed by atoms with Gasteiger partial charge in [0, 0.05) is 11.4 Å². The first-order chi connectivity index (χ1) is 12.5. The molecular weight excluding hydrogens is 353 g/mol. The van der Waals surface area contributed by atoms with Gasteiger partial charge in [0.1, 0.15) is 10.7 Å². The summed E-state index contributed by atoms with van der Waals surface area (Å²) < 4.78 is 18.0. The third-order valence-corrected chi connectivity index (χ3v) is 5.73. The van der Waals surface area contributed by atoms with E-state index in [1.807, 2.05) is 6.07 Å². The van der Waals surface area contributed by atoms with Crippen LogP contribution in [-0.2, 0) is 28.8 Å². The molecule has 0 unspecified atom stereocenters. The van der Waals surface area contributed by atoms with Crippen LogP contribution in [0.5, 0.6) is 0 Å². The number of hydrogen-bond acceptors (Lipinski definition) is 4. The number of carbonyl (C=O) groups is 2. The first-order valence-corrected chi connectivity index (χ1v) is 9.63. The molecule has 0 bridgehead atoms. The van der Waals surface area contributed by atoms with Crippen LogP contribution in [-0.4, -0.2) is 25.0 Å². The van der Waals surface area contributed by atoms with Crippen molar-refractivity contribution in [2.45, 2.75) is 32.6 Å². The highest BCUT2D eigenvalue weighted by molar-refractivity contribution is 7.14. The fraction of sp³-hybridized carbons (Fsp3) is 0.400. The number of thiophene rings is 1. The van der Waals surface area contributed by atoms with Crippen LogP contribution >= 0.6 is 11.3 Å². The number of aryl methyl sites for hydroxylation is 1. The van der Waals surface area contributed by atoms with Gasteiger partial charge in [0.05, 0.1) is 0 Å².